The SMILES string of the molecule is CC(C)(C)[Si](C)(C)OC1CC(=O)C1(Cl)Cl. The Morgan fingerprint density at radius 2 is 1.87 bits per heavy atom. The monoisotopic (exact) mass is 268 g/mol. The number of halogens is 2. The van der Waals surface area contributed by atoms with Crippen molar-refractivity contribution in [1.29, 1.82) is 0 Å². The van der Waals surface area contributed by atoms with Crippen molar-refractivity contribution in [3.05, 3.63) is 0 Å². The van der Waals surface area contributed by atoms with Crippen LogP contribution in [0.4, 0.5) is 0 Å². The van der Waals surface area contributed by atoms with Crippen molar-refractivity contribution >= 4 is 37.3 Å². The Kier molecular flexibility index (Phi) is 3.35. The number of carbonyl (C=O) groups excluding carboxylic acids is 1. The average molecular weight is 269 g/mol. The molecule has 15 heavy (non-hydrogen) atoms. The molecule has 0 aliphatic heterocycles. The summed E-state index contributed by atoms with van der Waals surface area (Å²) in [6.07, 6.45) is 0.0219. The van der Waals surface area contributed by atoms with Gasteiger partial charge in [-0.2, -0.15) is 0 Å². The van der Waals surface area contributed by atoms with Crippen LogP contribution >= 0.6 is 23.2 Å². The lowest BCUT2D eigenvalue weighted by Gasteiger charge is -2.46. The van der Waals surface area contributed by atoms with Gasteiger partial charge >= 0.3 is 0 Å². The van der Waals surface area contributed by atoms with E-state index in [9.17, 15) is 4.79 Å². The molecule has 1 fully saturated rings. The minimum absolute atomic E-state index is 0.107. The van der Waals surface area contributed by atoms with Crippen molar-refractivity contribution in [3.63, 3.8) is 0 Å². The van der Waals surface area contributed by atoms with Gasteiger partial charge in [-0.15, -0.1) is 0 Å². The van der Waals surface area contributed by atoms with E-state index in [0.717, 1.165) is 0 Å². The molecule has 5 heteroatoms. The van der Waals surface area contributed by atoms with Crippen molar-refractivity contribution in [3.8, 4) is 0 Å². The third kappa shape index (κ3) is 2.41. The van der Waals surface area contributed by atoms with Crippen LogP contribution in [0.5, 0.6) is 0 Å². The summed E-state index contributed by atoms with van der Waals surface area (Å²) in [5, 5.41) is 0.107. The van der Waals surface area contributed by atoms with Crippen LogP contribution in [0.1, 0.15) is 27.2 Å². The van der Waals surface area contributed by atoms with E-state index in [1.54, 1.807) is 0 Å². The standard InChI is InChI=1S/C10H18Cl2O2Si/c1-9(2,3)15(4,5)14-8-6-7(13)10(8,11)12/h8H,6H2,1-5H3. The first-order chi connectivity index (χ1) is 6.48. The number of Topliss-reactive ketones (excluding diaryl/α,β-unsaturated/α-hetero) is 1. The van der Waals surface area contributed by atoms with Gasteiger partial charge in [-0.25, -0.2) is 0 Å². The number of hydrogen-bond donors (Lipinski definition) is 0. The molecule has 1 aliphatic rings. The molecule has 0 aromatic carbocycles. The van der Waals surface area contributed by atoms with Crippen LogP contribution in [0.3, 0.4) is 0 Å². The molecule has 0 saturated heterocycles. The van der Waals surface area contributed by atoms with E-state index in [-0.39, 0.29) is 16.9 Å². The summed E-state index contributed by atoms with van der Waals surface area (Å²) in [6.45, 7) is 10.7. The average Bonchev–Trinajstić information content (AvgIpc) is 2.01. The zero-order valence-electron chi connectivity index (χ0n) is 9.86. The zero-order valence-corrected chi connectivity index (χ0v) is 12.4. The molecule has 1 unspecified atom stereocenters. The number of carbonyl (C=O) groups is 1. The largest absolute Gasteiger partial charge is 0.410 e. The Hall–Kier alpha value is 0.427. The van der Waals surface area contributed by atoms with Crippen LogP contribution in [0, 0.1) is 0 Å². The van der Waals surface area contributed by atoms with Gasteiger partial charge in [0.2, 0.25) is 4.33 Å². The zero-order chi connectivity index (χ0) is 12.1. The van der Waals surface area contributed by atoms with Gasteiger partial charge < -0.3 is 4.43 Å². The Bertz CT molecular complexity index is 282. The highest BCUT2D eigenvalue weighted by atomic mass is 35.5. The van der Waals surface area contributed by atoms with Crippen LogP contribution in [0.15, 0.2) is 0 Å². The Morgan fingerprint density at radius 3 is 2.13 bits per heavy atom. The number of rotatable bonds is 2. The second-order valence-corrected chi connectivity index (χ2v) is 11.8. The summed E-state index contributed by atoms with van der Waals surface area (Å²) in [6, 6.07) is 0. The first-order valence-corrected chi connectivity index (χ1v) is 8.74. The topological polar surface area (TPSA) is 26.3 Å². The van der Waals surface area contributed by atoms with Gasteiger partial charge in [0.1, 0.15) is 0 Å². The minimum Gasteiger partial charge on any atom is -0.410 e. The smallest absolute Gasteiger partial charge is 0.200 e. The number of ketones is 1. The molecule has 88 valence electrons. The quantitative estimate of drug-likeness (QED) is 0.566. The van der Waals surface area contributed by atoms with Crippen molar-refractivity contribution < 1.29 is 9.22 Å². The predicted octanol–water partition coefficient (Wildman–Crippen LogP) is 3.52. The molecule has 0 aromatic heterocycles. The third-order valence-electron chi connectivity index (χ3n) is 3.39. The summed E-state index contributed by atoms with van der Waals surface area (Å²) in [5.41, 5.74) is 0. The Labute approximate surface area is 102 Å². The lowest BCUT2D eigenvalue weighted by molar-refractivity contribution is -0.131. The van der Waals surface area contributed by atoms with Gasteiger partial charge in [-0.1, -0.05) is 44.0 Å². The van der Waals surface area contributed by atoms with Crippen LogP contribution in [-0.4, -0.2) is 24.5 Å². The van der Waals surface area contributed by atoms with E-state index in [1.165, 1.54) is 0 Å². The molecular weight excluding hydrogens is 251 g/mol. The van der Waals surface area contributed by atoms with Crippen molar-refractivity contribution in [2.24, 2.45) is 0 Å². The second-order valence-electron chi connectivity index (χ2n) is 5.62. The van der Waals surface area contributed by atoms with E-state index in [1.807, 2.05) is 0 Å². The molecular formula is C10H18Cl2O2Si. The van der Waals surface area contributed by atoms with Crippen LogP contribution < -0.4 is 0 Å². The summed E-state index contributed by atoms with van der Waals surface area (Å²) >= 11 is 11.8. The highest BCUT2D eigenvalue weighted by Crippen LogP contribution is 2.46. The normalized spacial score (nSPS) is 26.3. The molecule has 0 heterocycles. The molecule has 0 bridgehead atoms. The fourth-order valence-electron chi connectivity index (χ4n) is 1.13. The van der Waals surface area contributed by atoms with Gasteiger partial charge in [0.25, 0.3) is 0 Å². The number of alkyl halides is 2. The maximum atomic E-state index is 11.2. The molecule has 0 spiro atoms. The van der Waals surface area contributed by atoms with Gasteiger partial charge in [-0.3, -0.25) is 4.79 Å². The minimum atomic E-state index is -1.88. The van der Waals surface area contributed by atoms with Crippen molar-refractivity contribution in [2.45, 2.75) is 55.8 Å². The number of hydrogen-bond acceptors (Lipinski definition) is 2. The van der Waals surface area contributed by atoms with Crippen molar-refractivity contribution in [2.75, 3.05) is 0 Å². The molecule has 0 aromatic rings. The van der Waals surface area contributed by atoms with E-state index in [4.69, 9.17) is 27.6 Å². The van der Waals surface area contributed by atoms with Gasteiger partial charge in [0.05, 0.1) is 6.10 Å². The first-order valence-electron chi connectivity index (χ1n) is 5.07. The van der Waals surface area contributed by atoms with Gasteiger partial charge in [-0.05, 0) is 18.1 Å². The first kappa shape index (κ1) is 13.5. The maximum absolute atomic E-state index is 11.2. The second kappa shape index (κ2) is 3.72. The van der Waals surface area contributed by atoms with Crippen LogP contribution in [0.25, 0.3) is 0 Å². The summed E-state index contributed by atoms with van der Waals surface area (Å²) in [7, 11) is -1.88. The van der Waals surface area contributed by atoms with E-state index in [2.05, 4.69) is 33.9 Å². The Balaban J connectivity index is 2.69. The van der Waals surface area contributed by atoms with Crippen LogP contribution in [0.2, 0.25) is 18.1 Å². The van der Waals surface area contributed by atoms with Crippen molar-refractivity contribution in [1.82, 2.24) is 0 Å². The highest BCUT2D eigenvalue weighted by Gasteiger charge is 2.56. The maximum Gasteiger partial charge on any atom is 0.200 e. The summed E-state index contributed by atoms with van der Waals surface area (Å²) in [5.74, 6) is -0.130. The molecule has 1 aliphatic carbocycles. The van der Waals surface area contributed by atoms with E-state index >= 15 is 0 Å². The lowest BCUT2D eigenvalue weighted by atomic mass is 9.93. The molecule has 1 atom stereocenters. The summed E-state index contributed by atoms with van der Waals surface area (Å²) in [4.78, 5) is 11.2. The molecule has 1 saturated carbocycles. The Morgan fingerprint density at radius 1 is 1.40 bits per heavy atom. The molecule has 0 radical (unpaired) electrons. The molecule has 2 nitrogen and oxygen atoms in total. The van der Waals surface area contributed by atoms with Crippen LogP contribution in [-0.2, 0) is 9.22 Å². The molecule has 1 rings (SSSR count). The summed E-state index contributed by atoms with van der Waals surface area (Å²) < 4.78 is 4.67. The van der Waals surface area contributed by atoms with Gasteiger partial charge in [0.15, 0.2) is 14.1 Å². The third-order valence-corrected chi connectivity index (χ3v) is 8.78. The lowest BCUT2D eigenvalue weighted by Crippen LogP contribution is -2.58. The molecule has 0 amide bonds. The predicted molar refractivity (Wildman–Crippen MR) is 66.1 cm³/mol. The molecule has 0 N–H and O–H groups in total. The van der Waals surface area contributed by atoms with E-state index < -0.39 is 12.7 Å². The fourth-order valence-corrected chi connectivity index (χ4v) is 3.00. The highest BCUT2D eigenvalue weighted by molar-refractivity contribution is 6.74. The van der Waals surface area contributed by atoms with E-state index in [0.29, 0.717) is 6.42 Å². The van der Waals surface area contributed by atoms with Gasteiger partial charge in [0, 0.05) is 6.42 Å². The fraction of sp³-hybridized carbons (Fsp3) is 0.900.